The molecule has 0 aliphatic heterocycles. The van der Waals surface area contributed by atoms with Crippen LogP contribution in [0.5, 0.6) is 0 Å². The van der Waals surface area contributed by atoms with Crippen molar-refractivity contribution in [3.63, 3.8) is 0 Å². The third-order valence-electron chi connectivity index (χ3n) is 3.71. The fourth-order valence-corrected chi connectivity index (χ4v) is 3.20. The minimum absolute atomic E-state index is 0.903. The molecule has 22 heavy (non-hydrogen) atoms. The number of hydrogen-bond acceptors (Lipinski definition) is 3. The van der Waals surface area contributed by atoms with Crippen molar-refractivity contribution in [2.45, 2.75) is 24.8 Å². The minimum Gasteiger partial charge on any atom is -0.305 e. The average molecular weight is 309 g/mol. The predicted molar refractivity (Wildman–Crippen MR) is 91.9 cm³/mol. The first-order valence-electron chi connectivity index (χ1n) is 7.29. The minimum atomic E-state index is 0.903. The standard InChI is InChI=1S/C18H19N3S/c1-13-8-10-15(11-9-13)12-22-18-20-19-17(21(18)3)16-7-5-4-6-14(16)2/h4-11H,12H2,1-3H3. The summed E-state index contributed by atoms with van der Waals surface area (Å²) >= 11 is 1.72. The number of nitrogens with zero attached hydrogens (tertiary/aromatic N) is 3. The first-order valence-corrected chi connectivity index (χ1v) is 8.27. The van der Waals surface area contributed by atoms with Crippen LogP contribution < -0.4 is 0 Å². The Balaban J connectivity index is 1.79. The fourth-order valence-electron chi connectivity index (χ4n) is 2.33. The molecular formula is C18H19N3S. The third kappa shape index (κ3) is 3.07. The molecule has 0 saturated heterocycles. The van der Waals surface area contributed by atoms with Crippen LogP contribution in [-0.4, -0.2) is 14.8 Å². The molecule has 1 aromatic heterocycles. The molecule has 0 amide bonds. The van der Waals surface area contributed by atoms with E-state index in [-0.39, 0.29) is 0 Å². The summed E-state index contributed by atoms with van der Waals surface area (Å²) < 4.78 is 2.07. The first kappa shape index (κ1) is 14.9. The van der Waals surface area contributed by atoms with Crippen molar-refractivity contribution in [1.82, 2.24) is 14.8 Å². The van der Waals surface area contributed by atoms with Crippen molar-refractivity contribution in [2.24, 2.45) is 7.05 Å². The van der Waals surface area contributed by atoms with Crippen molar-refractivity contribution < 1.29 is 0 Å². The zero-order chi connectivity index (χ0) is 15.5. The summed E-state index contributed by atoms with van der Waals surface area (Å²) in [4.78, 5) is 0. The SMILES string of the molecule is Cc1ccc(CSc2nnc(-c3ccccc3C)n2C)cc1. The Morgan fingerprint density at radius 1 is 0.955 bits per heavy atom. The number of hydrogen-bond donors (Lipinski definition) is 0. The third-order valence-corrected chi connectivity index (χ3v) is 4.80. The molecule has 3 aromatic rings. The predicted octanol–water partition coefficient (Wildman–Crippen LogP) is 4.39. The van der Waals surface area contributed by atoms with Gasteiger partial charge in [-0.1, -0.05) is 65.9 Å². The van der Waals surface area contributed by atoms with Gasteiger partial charge in [-0.3, -0.25) is 0 Å². The molecular weight excluding hydrogens is 290 g/mol. The maximum atomic E-state index is 4.37. The molecule has 1 heterocycles. The maximum absolute atomic E-state index is 4.37. The molecule has 0 fully saturated rings. The molecule has 3 rings (SSSR count). The average Bonchev–Trinajstić information content (AvgIpc) is 2.88. The molecule has 3 nitrogen and oxygen atoms in total. The van der Waals surface area contributed by atoms with E-state index in [1.165, 1.54) is 16.7 Å². The Morgan fingerprint density at radius 3 is 2.41 bits per heavy atom. The van der Waals surface area contributed by atoms with Crippen LogP contribution in [0, 0.1) is 13.8 Å². The molecule has 0 aliphatic rings. The molecule has 0 aliphatic carbocycles. The van der Waals surface area contributed by atoms with Crippen molar-refractivity contribution in [3.8, 4) is 11.4 Å². The van der Waals surface area contributed by atoms with E-state index in [2.05, 4.69) is 65.0 Å². The summed E-state index contributed by atoms with van der Waals surface area (Å²) in [5.74, 6) is 1.82. The van der Waals surface area contributed by atoms with Crippen LogP contribution in [-0.2, 0) is 12.8 Å². The van der Waals surface area contributed by atoms with Gasteiger partial charge in [-0.15, -0.1) is 10.2 Å². The second kappa shape index (κ2) is 6.36. The molecule has 4 heteroatoms. The molecule has 2 aromatic carbocycles. The van der Waals surface area contributed by atoms with Gasteiger partial charge in [0.1, 0.15) is 0 Å². The summed E-state index contributed by atoms with van der Waals surface area (Å²) in [5.41, 5.74) is 4.94. The van der Waals surface area contributed by atoms with Gasteiger partial charge in [0.25, 0.3) is 0 Å². The highest BCUT2D eigenvalue weighted by molar-refractivity contribution is 7.98. The van der Waals surface area contributed by atoms with Gasteiger partial charge in [-0.05, 0) is 25.0 Å². The van der Waals surface area contributed by atoms with E-state index >= 15 is 0 Å². The second-order valence-corrected chi connectivity index (χ2v) is 6.40. The Bertz CT molecular complexity index is 775. The molecule has 0 radical (unpaired) electrons. The van der Waals surface area contributed by atoms with Gasteiger partial charge in [-0.2, -0.15) is 0 Å². The van der Waals surface area contributed by atoms with Gasteiger partial charge < -0.3 is 4.57 Å². The van der Waals surface area contributed by atoms with Gasteiger partial charge in [0.15, 0.2) is 11.0 Å². The van der Waals surface area contributed by atoms with Crippen LogP contribution in [0.25, 0.3) is 11.4 Å². The highest BCUT2D eigenvalue weighted by Gasteiger charge is 2.12. The highest BCUT2D eigenvalue weighted by atomic mass is 32.2. The smallest absolute Gasteiger partial charge is 0.191 e. The first-order chi connectivity index (χ1) is 10.6. The maximum Gasteiger partial charge on any atom is 0.191 e. The zero-order valence-corrected chi connectivity index (χ0v) is 13.9. The Hall–Kier alpha value is -2.07. The van der Waals surface area contributed by atoms with Crippen LogP contribution >= 0.6 is 11.8 Å². The van der Waals surface area contributed by atoms with E-state index in [0.29, 0.717) is 0 Å². The lowest BCUT2D eigenvalue weighted by atomic mass is 10.1. The molecule has 0 saturated carbocycles. The van der Waals surface area contributed by atoms with Crippen LogP contribution in [0.3, 0.4) is 0 Å². The Kier molecular flexibility index (Phi) is 4.29. The summed E-state index contributed by atoms with van der Waals surface area (Å²) in [6.45, 7) is 4.21. The van der Waals surface area contributed by atoms with E-state index in [1.54, 1.807) is 11.8 Å². The molecule has 112 valence electrons. The van der Waals surface area contributed by atoms with Gasteiger partial charge in [0, 0.05) is 18.4 Å². The summed E-state index contributed by atoms with van der Waals surface area (Å²) in [7, 11) is 2.03. The van der Waals surface area contributed by atoms with Gasteiger partial charge in [-0.25, -0.2) is 0 Å². The quantitative estimate of drug-likeness (QED) is 0.670. The highest BCUT2D eigenvalue weighted by Crippen LogP contribution is 2.26. The Morgan fingerprint density at radius 2 is 1.68 bits per heavy atom. The van der Waals surface area contributed by atoms with E-state index in [0.717, 1.165) is 22.3 Å². The molecule has 0 unspecified atom stereocenters. The van der Waals surface area contributed by atoms with E-state index in [1.807, 2.05) is 19.2 Å². The topological polar surface area (TPSA) is 30.7 Å². The van der Waals surface area contributed by atoms with E-state index in [4.69, 9.17) is 0 Å². The van der Waals surface area contributed by atoms with Gasteiger partial charge in [0.05, 0.1) is 0 Å². The lowest BCUT2D eigenvalue weighted by molar-refractivity contribution is 0.793. The lowest BCUT2D eigenvalue weighted by Gasteiger charge is -2.06. The monoisotopic (exact) mass is 309 g/mol. The van der Waals surface area contributed by atoms with Crippen molar-refractivity contribution >= 4 is 11.8 Å². The number of rotatable bonds is 4. The van der Waals surface area contributed by atoms with Crippen LogP contribution in [0.2, 0.25) is 0 Å². The summed E-state index contributed by atoms with van der Waals surface area (Å²) in [6.07, 6.45) is 0. The number of aryl methyl sites for hydroxylation is 2. The largest absolute Gasteiger partial charge is 0.305 e. The normalized spacial score (nSPS) is 10.9. The lowest BCUT2D eigenvalue weighted by Crippen LogP contribution is -1.96. The number of aromatic nitrogens is 3. The van der Waals surface area contributed by atoms with Crippen LogP contribution in [0.4, 0.5) is 0 Å². The molecule has 0 bridgehead atoms. The molecule has 0 atom stereocenters. The number of thioether (sulfide) groups is 1. The summed E-state index contributed by atoms with van der Waals surface area (Å²) in [5, 5.41) is 9.65. The summed E-state index contributed by atoms with van der Waals surface area (Å²) in [6, 6.07) is 16.9. The number of benzene rings is 2. The van der Waals surface area contributed by atoms with Crippen LogP contribution in [0.15, 0.2) is 53.7 Å². The van der Waals surface area contributed by atoms with E-state index < -0.39 is 0 Å². The van der Waals surface area contributed by atoms with E-state index in [9.17, 15) is 0 Å². The zero-order valence-electron chi connectivity index (χ0n) is 13.1. The fraction of sp³-hybridized carbons (Fsp3) is 0.222. The van der Waals surface area contributed by atoms with Crippen LogP contribution in [0.1, 0.15) is 16.7 Å². The van der Waals surface area contributed by atoms with Gasteiger partial charge in [0.2, 0.25) is 0 Å². The van der Waals surface area contributed by atoms with Gasteiger partial charge >= 0.3 is 0 Å². The Labute approximate surface area is 135 Å². The molecule has 0 spiro atoms. The molecule has 0 N–H and O–H groups in total. The van der Waals surface area contributed by atoms with Crippen molar-refractivity contribution in [1.29, 1.82) is 0 Å². The second-order valence-electron chi connectivity index (χ2n) is 5.45. The van der Waals surface area contributed by atoms with Crippen molar-refractivity contribution in [3.05, 3.63) is 65.2 Å². The van der Waals surface area contributed by atoms with Crippen molar-refractivity contribution in [2.75, 3.05) is 0 Å².